The summed E-state index contributed by atoms with van der Waals surface area (Å²) in [5, 5.41) is 7.34. The van der Waals surface area contributed by atoms with Crippen molar-refractivity contribution < 1.29 is 8.42 Å². The van der Waals surface area contributed by atoms with Crippen molar-refractivity contribution in [1.29, 1.82) is 0 Å². The summed E-state index contributed by atoms with van der Waals surface area (Å²) < 4.78 is 24.6. The third-order valence-corrected chi connectivity index (χ3v) is 4.25. The largest absolute Gasteiger partial charge is 0.379 e. The molecule has 1 N–H and O–H groups in total. The lowest BCUT2D eigenvalue weighted by atomic mass is 10.3. The summed E-state index contributed by atoms with van der Waals surface area (Å²) in [5.41, 5.74) is 1.77. The Labute approximate surface area is 96.8 Å². The third kappa shape index (κ3) is 3.52. The number of nitrogens with zero attached hydrogens (tertiary/aromatic N) is 2. The van der Waals surface area contributed by atoms with Crippen molar-refractivity contribution in [1.82, 2.24) is 9.78 Å². The predicted molar refractivity (Wildman–Crippen MR) is 65.4 cm³/mol. The van der Waals surface area contributed by atoms with Gasteiger partial charge in [-0.05, 0) is 13.8 Å². The van der Waals surface area contributed by atoms with Crippen LogP contribution in [0.2, 0.25) is 0 Å². The first kappa shape index (κ1) is 13.0. The molecule has 6 heteroatoms. The van der Waals surface area contributed by atoms with Crippen molar-refractivity contribution in [3.8, 4) is 0 Å². The molecule has 0 saturated heterocycles. The van der Waals surface area contributed by atoms with E-state index in [4.69, 9.17) is 0 Å². The molecule has 0 bridgehead atoms. The Morgan fingerprint density at radius 3 is 2.62 bits per heavy atom. The molecule has 16 heavy (non-hydrogen) atoms. The van der Waals surface area contributed by atoms with Crippen LogP contribution < -0.4 is 5.32 Å². The minimum atomic E-state index is -2.93. The quantitative estimate of drug-likeness (QED) is 0.839. The molecule has 1 aromatic rings. The zero-order valence-electron chi connectivity index (χ0n) is 10.2. The molecule has 0 saturated carbocycles. The average molecular weight is 245 g/mol. The highest BCUT2D eigenvalue weighted by atomic mass is 32.2. The molecule has 0 aromatic carbocycles. The van der Waals surface area contributed by atoms with Gasteiger partial charge in [0.05, 0.1) is 17.1 Å². The molecule has 0 radical (unpaired) electrons. The lowest BCUT2D eigenvalue weighted by molar-refractivity contribution is 0.593. The third-order valence-electron chi connectivity index (χ3n) is 2.36. The Hall–Kier alpha value is -1.04. The fourth-order valence-corrected chi connectivity index (χ4v) is 2.63. The molecular formula is C10H19N3O2S. The summed E-state index contributed by atoms with van der Waals surface area (Å²) in [4.78, 5) is 0. The predicted octanol–water partition coefficient (Wildman–Crippen LogP) is 0.964. The number of nitrogens with one attached hydrogen (secondary N) is 1. The molecule has 1 unspecified atom stereocenters. The van der Waals surface area contributed by atoms with Crippen molar-refractivity contribution in [3.05, 3.63) is 11.9 Å². The average Bonchev–Trinajstić information content (AvgIpc) is 2.44. The second-order valence-electron chi connectivity index (χ2n) is 4.05. The summed E-state index contributed by atoms with van der Waals surface area (Å²) in [6.07, 6.45) is 1.85. The minimum Gasteiger partial charge on any atom is -0.379 e. The normalized spacial score (nSPS) is 13.8. The first-order valence-electron chi connectivity index (χ1n) is 5.31. The fourth-order valence-electron chi connectivity index (χ4n) is 1.55. The SMILES string of the molecule is CCS(=O)(=O)CC(C)Nc1cn(C)nc1C. The van der Waals surface area contributed by atoms with Gasteiger partial charge in [-0.1, -0.05) is 6.92 Å². The monoisotopic (exact) mass is 245 g/mol. The van der Waals surface area contributed by atoms with E-state index in [1.807, 2.05) is 27.1 Å². The van der Waals surface area contributed by atoms with Gasteiger partial charge in [-0.15, -0.1) is 0 Å². The van der Waals surface area contributed by atoms with Crippen molar-refractivity contribution in [2.24, 2.45) is 7.05 Å². The van der Waals surface area contributed by atoms with E-state index in [0.29, 0.717) is 0 Å². The van der Waals surface area contributed by atoms with Crippen LogP contribution >= 0.6 is 0 Å². The van der Waals surface area contributed by atoms with Crippen LogP contribution in [0.1, 0.15) is 19.5 Å². The Bertz CT molecular complexity index is 451. The highest BCUT2D eigenvalue weighted by molar-refractivity contribution is 7.91. The first-order valence-corrected chi connectivity index (χ1v) is 7.13. The highest BCUT2D eigenvalue weighted by Crippen LogP contribution is 2.13. The highest BCUT2D eigenvalue weighted by Gasteiger charge is 2.14. The summed E-state index contributed by atoms with van der Waals surface area (Å²) >= 11 is 0. The van der Waals surface area contributed by atoms with Gasteiger partial charge in [0.1, 0.15) is 0 Å². The molecule has 1 atom stereocenters. The van der Waals surface area contributed by atoms with Crippen LogP contribution in [0.15, 0.2) is 6.20 Å². The number of hydrogen-bond donors (Lipinski definition) is 1. The lowest BCUT2D eigenvalue weighted by Crippen LogP contribution is -2.26. The van der Waals surface area contributed by atoms with E-state index in [-0.39, 0.29) is 17.5 Å². The van der Waals surface area contributed by atoms with Gasteiger partial charge in [0, 0.05) is 25.0 Å². The maximum atomic E-state index is 11.4. The molecule has 0 spiro atoms. The number of aryl methyl sites for hydroxylation is 2. The minimum absolute atomic E-state index is 0.104. The van der Waals surface area contributed by atoms with Crippen LogP contribution in [0.25, 0.3) is 0 Å². The topological polar surface area (TPSA) is 64.0 Å². The number of rotatable bonds is 5. The zero-order valence-corrected chi connectivity index (χ0v) is 11.0. The lowest BCUT2D eigenvalue weighted by Gasteiger charge is -2.13. The second-order valence-corrected chi connectivity index (χ2v) is 6.44. The molecule has 0 aliphatic rings. The van der Waals surface area contributed by atoms with E-state index < -0.39 is 9.84 Å². The van der Waals surface area contributed by atoms with E-state index >= 15 is 0 Å². The molecular weight excluding hydrogens is 226 g/mol. The van der Waals surface area contributed by atoms with Gasteiger partial charge in [0.25, 0.3) is 0 Å². The Morgan fingerprint density at radius 1 is 1.56 bits per heavy atom. The van der Waals surface area contributed by atoms with E-state index in [0.717, 1.165) is 11.4 Å². The fraction of sp³-hybridized carbons (Fsp3) is 0.700. The van der Waals surface area contributed by atoms with E-state index in [1.54, 1.807) is 11.6 Å². The van der Waals surface area contributed by atoms with Crippen LogP contribution in [-0.4, -0.2) is 35.7 Å². The van der Waals surface area contributed by atoms with Gasteiger partial charge in [-0.25, -0.2) is 8.42 Å². The molecule has 0 amide bonds. The maximum Gasteiger partial charge on any atom is 0.152 e. The maximum absolute atomic E-state index is 11.4. The van der Waals surface area contributed by atoms with Gasteiger partial charge >= 0.3 is 0 Å². The first-order chi connectivity index (χ1) is 7.34. The Morgan fingerprint density at radius 2 is 2.19 bits per heavy atom. The van der Waals surface area contributed by atoms with E-state index in [9.17, 15) is 8.42 Å². The molecule has 0 aliphatic heterocycles. The van der Waals surface area contributed by atoms with E-state index in [1.165, 1.54) is 0 Å². The molecule has 5 nitrogen and oxygen atoms in total. The zero-order chi connectivity index (χ0) is 12.3. The standard InChI is InChI=1S/C10H19N3O2S/c1-5-16(14,15)7-8(2)11-10-6-13(4)12-9(10)3/h6,8,11H,5,7H2,1-4H3. The molecule has 1 rings (SSSR count). The van der Waals surface area contributed by atoms with Crippen molar-refractivity contribution in [2.45, 2.75) is 26.8 Å². The summed E-state index contributed by atoms with van der Waals surface area (Å²) in [6.45, 7) is 5.42. The van der Waals surface area contributed by atoms with Gasteiger partial charge in [-0.3, -0.25) is 4.68 Å². The van der Waals surface area contributed by atoms with Crippen LogP contribution in [-0.2, 0) is 16.9 Å². The number of hydrogen-bond acceptors (Lipinski definition) is 4. The smallest absolute Gasteiger partial charge is 0.152 e. The van der Waals surface area contributed by atoms with Crippen molar-refractivity contribution in [3.63, 3.8) is 0 Å². The summed E-state index contributed by atoms with van der Waals surface area (Å²) in [6, 6.07) is -0.104. The Balaban J connectivity index is 2.65. The molecule has 1 heterocycles. The molecule has 1 aromatic heterocycles. The van der Waals surface area contributed by atoms with Gasteiger partial charge < -0.3 is 5.32 Å². The van der Waals surface area contributed by atoms with Crippen LogP contribution in [0.4, 0.5) is 5.69 Å². The summed E-state index contributed by atoms with van der Waals surface area (Å²) in [7, 11) is -1.10. The number of aromatic nitrogens is 2. The number of sulfone groups is 1. The molecule has 0 fully saturated rings. The molecule has 92 valence electrons. The van der Waals surface area contributed by atoms with Crippen molar-refractivity contribution >= 4 is 15.5 Å². The van der Waals surface area contributed by atoms with Gasteiger partial charge in [0.15, 0.2) is 9.84 Å². The molecule has 0 aliphatic carbocycles. The van der Waals surface area contributed by atoms with Crippen LogP contribution in [0.3, 0.4) is 0 Å². The van der Waals surface area contributed by atoms with Gasteiger partial charge in [0.2, 0.25) is 0 Å². The van der Waals surface area contributed by atoms with Crippen LogP contribution in [0.5, 0.6) is 0 Å². The number of anilines is 1. The Kier molecular flexibility index (Phi) is 3.96. The van der Waals surface area contributed by atoms with Crippen LogP contribution in [0, 0.1) is 6.92 Å². The van der Waals surface area contributed by atoms with Gasteiger partial charge in [-0.2, -0.15) is 5.10 Å². The summed E-state index contributed by atoms with van der Waals surface area (Å²) in [5.74, 6) is 0.336. The van der Waals surface area contributed by atoms with E-state index in [2.05, 4.69) is 10.4 Å². The second kappa shape index (κ2) is 4.86. The van der Waals surface area contributed by atoms with Crippen molar-refractivity contribution in [2.75, 3.05) is 16.8 Å².